The summed E-state index contributed by atoms with van der Waals surface area (Å²) in [6.07, 6.45) is 1.75. The number of para-hydroxylation sites is 1. The van der Waals surface area contributed by atoms with Gasteiger partial charge < -0.3 is 0 Å². The molecule has 0 amide bonds. The lowest BCUT2D eigenvalue weighted by atomic mass is 9.98. The van der Waals surface area contributed by atoms with Gasteiger partial charge >= 0.3 is 0 Å². The molecule has 1 aliphatic heterocycles. The van der Waals surface area contributed by atoms with Crippen molar-refractivity contribution in [3.05, 3.63) is 158 Å². The molecule has 0 radical (unpaired) electrons. The fourth-order valence-electron chi connectivity index (χ4n) is 6.48. The van der Waals surface area contributed by atoms with Crippen LogP contribution in [0.2, 0.25) is 0 Å². The normalized spacial score (nSPS) is 12.1. The van der Waals surface area contributed by atoms with Gasteiger partial charge in [0, 0.05) is 47.8 Å². The van der Waals surface area contributed by atoms with Gasteiger partial charge in [-0.25, -0.2) is 4.98 Å². The lowest BCUT2D eigenvalue weighted by Crippen LogP contribution is -1.99. The van der Waals surface area contributed by atoms with Crippen LogP contribution in [0.1, 0.15) is 6.92 Å². The Morgan fingerprint density at radius 2 is 1.23 bits per heavy atom. The Hall–Kier alpha value is -5.16. The number of pyridine rings is 1. The quantitative estimate of drug-likeness (QED) is 0.139. The fraction of sp³-hybridized carbons (Fsp3) is 0.0682. The van der Waals surface area contributed by atoms with Crippen LogP contribution in [0.3, 0.4) is 0 Å². The first-order valence-electron chi connectivity index (χ1n) is 16.3. The second-order valence-corrected chi connectivity index (χ2v) is 14.1. The maximum atomic E-state index is 5.38. The Balaban J connectivity index is 0.000000516. The Bertz CT molecular complexity index is 2560. The Morgan fingerprint density at radius 1 is 0.604 bits per heavy atom. The van der Waals surface area contributed by atoms with Crippen molar-refractivity contribution in [1.29, 1.82) is 0 Å². The van der Waals surface area contributed by atoms with Crippen molar-refractivity contribution < 1.29 is 0 Å². The maximum Gasteiger partial charge on any atom is 0.138 e. The number of rotatable bonds is 3. The van der Waals surface area contributed by atoms with E-state index in [1.807, 2.05) is 30.0 Å². The third-order valence-corrected chi connectivity index (χ3v) is 10.2. The smallest absolute Gasteiger partial charge is 0.138 e. The maximum absolute atomic E-state index is 5.38. The minimum absolute atomic E-state index is 0.929. The van der Waals surface area contributed by atoms with Gasteiger partial charge in [-0.05, 0) is 59.5 Å². The van der Waals surface area contributed by atoms with Crippen LogP contribution in [0.25, 0.3) is 81.0 Å². The summed E-state index contributed by atoms with van der Waals surface area (Å²) in [5.74, 6) is 3.76. The largest absolute Gasteiger partial charge is 0.294 e. The van der Waals surface area contributed by atoms with Gasteiger partial charge in [0.15, 0.2) is 0 Å². The highest BCUT2D eigenvalue weighted by Gasteiger charge is 2.19. The minimum Gasteiger partial charge on any atom is -0.294 e. The molecule has 0 unspecified atom stereocenters. The van der Waals surface area contributed by atoms with Gasteiger partial charge in [-0.1, -0.05) is 121 Å². The number of allylic oxidation sites excluding steroid dienone is 1. The Kier molecular flexibility index (Phi) is 8.27. The van der Waals surface area contributed by atoms with Gasteiger partial charge in [-0.15, -0.1) is 17.9 Å². The zero-order valence-corrected chi connectivity index (χ0v) is 28.4. The van der Waals surface area contributed by atoms with Crippen molar-refractivity contribution in [3.63, 3.8) is 0 Å². The zero-order chi connectivity index (χ0) is 32.5. The van der Waals surface area contributed by atoms with Crippen LogP contribution in [-0.4, -0.2) is 21.1 Å². The van der Waals surface area contributed by atoms with Crippen LogP contribution in [0.5, 0.6) is 0 Å². The summed E-state index contributed by atoms with van der Waals surface area (Å²) >= 11 is 3.88. The monoisotopic (exact) mass is 654 g/mol. The molecule has 0 aliphatic carbocycles. The van der Waals surface area contributed by atoms with Crippen molar-refractivity contribution in [2.45, 2.75) is 6.92 Å². The predicted octanol–water partition coefficient (Wildman–Crippen LogP) is 13.0. The molecule has 0 N–H and O–H groups in total. The van der Waals surface area contributed by atoms with E-state index in [4.69, 9.17) is 4.98 Å². The van der Waals surface area contributed by atoms with Crippen LogP contribution >= 0.6 is 23.1 Å². The summed E-state index contributed by atoms with van der Waals surface area (Å²) in [6.45, 7) is 5.25. The highest BCUT2D eigenvalue weighted by Crippen LogP contribution is 2.43. The van der Waals surface area contributed by atoms with E-state index in [2.05, 4.69) is 157 Å². The van der Waals surface area contributed by atoms with Crippen molar-refractivity contribution in [1.82, 2.24) is 9.55 Å². The number of benzene rings is 6. The summed E-state index contributed by atoms with van der Waals surface area (Å²) < 4.78 is 5.01. The van der Waals surface area contributed by atoms with Gasteiger partial charge in [-0.3, -0.25) is 4.57 Å². The van der Waals surface area contributed by atoms with Crippen LogP contribution in [-0.2, 0) is 0 Å². The molecule has 10 rings (SSSR count). The number of fused-ring (bicyclic) bond motifs is 8. The number of aromatic nitrogens is 2. The van der Waals surface area contributed by atoms with Crippen LogP contribution in [0, 0.1) is 0 Å². The number of hydrogen-bond donors (Lipinski definition) is 0. The summed E-state index contributed by atoms with van der Waals surface area (Å²) in [4.78, 5) is 5.38. The fourth-order valence-corrected chi connectivity index (χ4v) is 7.74. The third-order valence-electron chi connectivity index (χ3n) is 8.60. The van der Waals surface area contributed by atoms with E-state index in [1.54, 1.807) is 6.08 Å². The molecule has 0 bridgehead atoms. The molecular formula is C44H34N2S2. The van der Waals surface area contributed by atoms with Crippen molar-refractivity contribution >= 4 is 76.0 Å². The standard InChI is InChI=1S/C39H24N2S.C3H6.C2H4S/c1-3-11-25(12-4-1)27-19-20-28-32(26-13-5-2-6-14-26)24-37(40-33(28)23-27)41-34-17-9-7-16-31(34)38-35(41)22-21-30-29-15-8-10-18-36(29)42-39(30)38;1-3-2;1-2-3-1/h1-24H;3H,1H2,2H3;1-2H2. The summed E-state index contributed by atoms with van der Waals surface area (Å²) in [5.41, 5.74) is 8.07. The van der Waals surface area contributed by atoms with E-state index in [1.165, 1.54) is 75.7 Å². The molecule has 1 aliphatic rings. The van der Waals surface area contributed by atoms with E-state index < -0.39 is 0 Å². The average Bonchev–Trinajstić information content (AvgIpc) is 3.93. The van der Waals surface area contributed by atoms with E-state index in [0.717, 1.165) is 16.7 Å². The Morgan fingerprint density at radius 3 is 1.96 bits per heavy atom. The first kappa shape index (κ1) is 30.2. The minimum atomic E-state index is 0.929. The molecule has 2 nitrogen and oxygen atoms in total. The Labute approximate surface area is 289 Å². The van der Waals surface area contributed by atoms with Crippen LogP contribution < -0.4 is 0 Å². The molecule has 6 aromatic carbocycles. The lowest BCUT2D eigenvalue weighted by molar-refractivity contribution is 1.10. The van der Waals surface area contributed by atoms with Gasteiger partial charge in [0.25, 0.3) is 0 Å². The molecule has 1 saturated heterocycles. The van der Waals surface area contributed by atoms with Gasteiger partial charge in [0.1, 0.15) is 5.82 Å². The molecule has 4 heteroatoms. The van der Waals surface area contributed by atoms with Crippen molar-refractivity contribution in [3.8, 4) is 28.1 Å². The number of hydrogen-bond acceptors (Lipinski definition) is 3. The second kappa shape index (κ2) is 13.2. The van der Waals surface area contributed by atoms with E-state index in [9.17, 15) is 0 Å². The van der Waals surface area contributed by atoms with Crippen molar-refractivity contribution in [2.75, 3.05) is 11.5 Å². The molecule has 4 heterocycles. The highest BCUT2D eigenvalue weighted by molar-refractivity contribution is 8.06. The molecule has 3 aromatic heterocycles. The number of nitrogens with zero attached hydrogens (tertiary/aromatic N) is 2. The van der Waals surface area contributed by atoms with Gasteiger partial charge in [0.05, 0.1) is 16.6 Å². The molecule has 48 heavy (non-hydrogen) atoms. The van der Waals surface area contributed by atoms with Gasteiger partial charge in [0.2, 0.25) is 0 Å². The molecule has 232 valence electrons. The third kappa shape index (κ3) is 5.57. The molecular weight excluding hydrogens is 621 g/mol. The molecule has 0 saturated carbocycles. The first-order chi connectivity index (χ1) is 23.7. The number of thioether (sulfide) groups is 1. The van der Waals surface area contributed by atoms with Crippen LogP contribution in [0.15, 0.2) is 158 Å². The average molecular weight is 655 g/mol. The second-order valence-electron chi connectivity index (χ2n) is 11.8. The highest BCUT2D eigenvalue weighted by atomic mass is 32.2. The van der Waals surface area contributed by atoms with E-state index in [0.29, 0.717) is 0 Å². The topological polar surface area (TPSA) is 17.8 Å². The lowest BCUT2D eigenvalue weighted by Gasteiger charge is -2.14. The SMILES string of the molecule is C1CS1.C=CC.c1ccc(-c2ccc3c(-c4ccccc4)cc(-n4c5ccccc5c5c6sc7ccccc7c6ccc54)nc3c2)cc1. The van der Waals surface area contributed by atoms with Gasteiger partial charge in [-0.2, -0.15) is 11.8 Å². The number of thiophene rings is 1. The molecule has 1 fully saturated rings. The summed E-state index contributed by atoms with van der Waals surface area (Å²) in [6, 6.07) is 52.2. The predicted molar refractivity (Wildman–Crippen MR) is 213 cm³/mol. The summed E-state index contributed by atoms with van der Waals surface area (Å²) in [5, 5.41) is 6.34. The van der Waals surface area contributed by atoms with Crippen molar-refractivity contribution in [2.24, 2.45) is 0 Å². The van der Waals surface area contributed by atoms with E-state index >= 15 is 0 Å². The molecule has 0 atom stereocenters. The first-order valence-corrected chi connectivity index (χ1v) is 18.3. The molecule has 0 spiro atoms. The summed E-state index contributed by atoms with van der Waals surface area (Å²) in [7, 11) is 0. The van der Waals surface area contributed by atoms with Crippen LogP contribution in [0.4, 0.5) is 0 Å². The zero-order valence-electron chi connectivity index (χ0n) is 26.8. The molecule has 9 aromatic rings. The van der Waals surface area contributed by atoms with E-state index in [-0.39, 0.29) is 0 Å².